The first kappa shape index (κ1) is 17.8. The van der Waals surface area contributed by atoms with Crippen LogP contribution in [0.25, 0.3) is 11.3 Å². The summed E-state index contributed by atoms with van der Waals surface area (Å²) >= 11 is 1.47. The number of carbonyl (C=O) groups is 1. The van der Waals surface area contributed by atoms with E-state index >= 15 is 0 Å². The number of hydrogen-bond donors (Lipinski definition) is 1. The van der Waals surface area contributed by atoms with Crippen LogP contribution in [0.5, 0.6) is 5.75 Å². The zero-order valence-corrected chi connectivity index (χ0v) is 15.4. The fraction of sp³-hybridized carbons (Fsp3) is 0.150. The van der Waals surface area contributed by atoms with E-state index in [0.29, 0.717) is 5.71 Å². The van der Waals surface area contributed by atoms with E-state index in [-0.39, 0.29) is 12.3 Å². The molecule has 3 aromatic rings. The maximum Gasteiger partial charge on any atom is 0.246 e. The van der Waals surface area contributed by atoms with Crippen LogP contribution in [0.2, 0.25) is 0 Å². The highest BCUT2D eigenvalue weighted by Gasteiger charge is 2.10. The first-order valence-electron chi connectivity index (χ1n) is 8.13. The Morgan fingerprint density at radius 3 is 2.65 bits per heavy atom. The average Bonchev–Trinajstić information content (AvgIpc) is 3.15. The topological polar surface area (TPSA) is 63.6 Å². The number of rotatable bonds is 6. The normalized spacial score (nSPS) is 11.2. The molecule has 1 aromatic heterocycles. The fourth-order valence-corrected chi connectivity index (χ4v) is 3.26. The lowest BCUT2D eigenvalue weighted by Crippen LogP contribution is -2.21. The molecule has 1 amide bonds. The van der Waals surface area contributed by atoms with Crippen molar-refractivity contribution in [2.45, 2.75) is 13.3 Å². The van der Waals surface area contributed by atoms with Gasteiger partial charge in [0.05, 0.1) is 24.9 Å². The molecule has 0 radical (unpaired) electrons. The van der Waals surface area contributed by atoms with Crippen molar-refractivity contribution < 1.29 is 9.53 Å². The van der Waals surface area contributed by atoms with Crippen molar-refractivity contribution in [2.24, 2.45) is 5.10 Å². The third-order valence-electron chi connectivity index (χ3n) is 3.78. The summed E-state index contributed by atoms with van der Waals surface area (Å²) in [4.78, 5) is 16.7. The average molecular weight is 365 g/mol. The van der Waals surface area contributed by atoms with Gasteiger partial charge in [0.25, 0.3) is 0 Å². The summed E-state index contributed by atoms with van der Waals surface area (Å²) in [6.07, 6.45) is 0.195. The number of ether oxygens (including phenoxy) is 1. The molecule has 132 valence electrons. The Bertz CT molecular complexity index is 920. The van der Waals surface area contributed by atoms with E-state index in [1.54, 1.807) is 7.11 Å². The van der Waals surface area contributed by atoms with Crippen molar-refractivity contribution in [1.29, 1.82) is 0 Å². The van der Waals surface area contributed by atoms with E-state index in [1.807, 2.05) is 66.9 Å². The molecule has 0 saturated heterocycles. The Hall–Kier alpha value is -2.99. The highest BCUT2D eigenvalue weighted by atomic mass is 32.1. The monoisotopic (exact) mass is 365 g/mol. The van der Waals surface area contributed by atoms with Crippen LogP contribution in [0, 0.1) is 0 Å². The minimum absolute atomic E-state index is 0.195. The molecule has 0 aliphatic heterocycles. The van der Waals surface area contributed by atoms with E-state index in [1.165, 1.54) is 11.3 Å². The van der Waals surface area contributed by atoms with Crippen molar-refractivity contribution in [3.05, 3.63) is 70.5 Å². The van der Waals surface area contributed by atoms with Crippen LogP contribution >= 0.6 is 11.3 Å². The first-order chi connectivity index (χ1) is 12.7. The number of thiazole rings is 1. The number of amides is 1. The second kappa shape index (κ2) is 8.40. The summed E-state index contributed by atoms with van der Waals surface area (Å²) in [7, 11) is 1.61. The molecule has 3 rings (SSSR count). The second-order valence-electron chi connectivity index (χ2n) is 5.60. The van der Waals surface area contributed by atoms with Gasteiger partial charge in [0.15, 0.2) is 0 Å². The predicted octanol–water partition coefficient (Wildman–Crippen LogP) is 3.90. The number of methoxy groups -OCH3 is 1. The van der Waals surface area contributed by atoms with E-state index in [9.17, 15) is 4.79 Å². The van der Waals surface area contributed by atoms with E-state index < -0.39 is 0 Å². The molecular formula is C20H19N3O2S. The van der Waals surface area contributed by atoms with Gasteiger partial charge in [-0.2, -0.15) is 5.10 Å². The van der Waals surface area contributed by atoms with Crippen molar-refractivity contribution in [3.63, 3.8) is 0 Å². The van der Waals surface area contributed by atoms with Gasteiger partial charge in [0.1, 0.15) is 10.8 Å². The Kier molecular flexibility index (Phi) is 5.76. The Balaban J connectivity index is 1.63. The number of nitrogens with one attached hydrogen (secondary N) is 1. The third kappa shape index (κ3) is 4.34. The Morgan fingerprint density at radius 1 is 1.15 bits per heavy atom. The van der Waals surface area contributed by atoms with Gasteiger partial charge in [-0.15, -0.1) is 11.3 Å². The van der Waals surface area contributed by atoms with Crippen molar-refractivity contribution >= 4 is 23.0 Å². The van der Waals surface area contributed by atoms with Gasteiger partial charge in [-0.05, 0) is 19.1 Å². The van der Waals surface area contributed by atoms with Gasteiger partial charge in [-0.3, -0.25) is 4.79 Å². The number of aromatic nitrogens is 1. The quantitative estimate of drug-likeness (QED) is 0.532. The highest BCUT2D eigenvalue weighted by molar-refractivity contribution is 7.10. The molecule has 0 saturated carbocycles. The molecule has 0 unspecified atom stereocenters. The molecule has 1 heterocycles. The second-order valence-corrected chi connectivity index (χ2v) is 6.54. The smallest absolute Gasteiger partial charge is 0.246 e. The van der Waals surface area contributed by atoms with Crippen LogP contribution in [0.15, 0.2) is 65.1 Å². The first-order valence-corrected chi connectivity index (χ1v) is 9.01. The standard InChI is InChI=1S/C20H19N3O2S/c1-14(16-10-6-7-11-18(16)25-2)22-23-19(24)12-20-21-17(13-26-20)15-8-4-3-5-9-15/h3-11,13H,12H2,1-2H3,(H,23,24)/b22-14-. The molecule has 5 nitrogen and oxygen atoms in total. The van der Waals surface area contributed by atoms with Crippen molar-refractivity contribution in [1.82, 2.24) is 10.4 Å². The summed E-state index contributed by atoms with van der Waals surface area (Å²) in [5.74, 6) is 0.517. The minimum Gasteiger partial charge on any atom is -0.496 e. The number of benzene rings is 2. The molecule has 2 aromatic carbocycles. The Labute approximate surface area is 156 Å². The summed E-state index contributed by atoms with van der Waals surface area (Å²) in [6, 6.07) is 17.5. The van der Waals surface area contributed by atoms with Gasteiger partial charge >= 0.3 is 0 Å². The number of hydrogen-bond acceptors (Lipinski definition) is 5. The number of nitrogens with zero attached hydrogens (tertiary/aromatic N) is 2. The zero-order valence-electron chi connectivity index (χ0n) is 14.6. The molecule has 26 heavy (non-hydrogen) atoms. The lowest BCUT2D eigenvalue weighted by molar-refractivity contribution is -0.120. The van der Waals surface area contributed by atoms with Gasteiger partial charge in [-0.1, -0.05) is 42.5 Å². The molecular weight excluding hydrogens is 346 g/mol. The number of carbonyl (C=O) groups excluding carboxylic acids is 1. The van der Waals surface area contributed by atoms with Crippen LogP contribution < -0.4 is 10.2 Å². The molecule has 0 bridgehead atoms. The Morgan fingerprint density at radius 2 is 1.88 bits per heavy atom. The zero-order chi connectivity index (χ0) is 18.4. The van der Waals surface area contributed by atoms with Crippen LogP contribution in [0.3, 0.4) is 0 Å². The van der Waals surface area contributed by atoms with Gasteiger partial charge in [-0.25, -0.2) is 10.4 Å². The lowest BCUT2D eigenvalue weighted by Gasteiger charge is -2.07. The molecule has 0 atom stereocenters. The molecule has 0 fully saturated rings. The number of hydrazone groups is 1. The van der Waals surface area contributed by atoms with Crippen LogP contribution in [-0.2, 0) is 11.2 Å². The lowest BCUT2D eigenvalue weighted by atomic mass is 10.1. The van der Waals surface area contributed by atoms with E-state index in [0.717, 1.165) is 27.6 Å². The van der Waals surface area contributed by atoms with Gasteiger partial charge < -0.3 is 4.74 Å². The largest absolute Gasteiger partial charge is 0.496 e. The highest BCUT2D eigenvalue weighted by Crippen LogP contribution is 2.22. The molecule has 0 aliphatic carbocycles. The third-order valence-corrected chi connectivity index (χ3v) is 4.63. The number of para-hydroxylation sites is 1. The van der Waals surface area contributed by atoms with Crippen molar-refractivity contribution in [2.75, 3.05) is 7.11 Å². The molecule has 0 spiro atoms. The van der Waals surface area contributed by atoms with Crippen LogP contribution in [0.1, 0.15) is 17.5 Å². The van der Waals surface area contributed by atoms with Gasteiger partial charge in [0, 0.05) is 16.5 Å². The molecule has 1 N–H and O–H groups in total. The van der Waals surface area contributed by atoms with Gasteiger partial charge in [0.2, 0.25) is 5.91 Å². The summed E-state index contributed by atoms with van der Waals surface area (Å²) in [6.45, 7) is 1.83. The van der Waals surface area contributed by atoms with E-state index in [4.69, 9.17) is 4.74 Å². The molecule has 6 heteroatoms. The summed E-state index contributed by atoms with van der Waals surface area (Å²) < 4.78 is 5.31. The minimum atomic E-state index is -0.201. The van der Waals surface area contributed by atoms with Crippen LogP contribution in [0.4, 0.5) is 0 Å². The maximum absolute atomic E-state index is 12.2. The SMILES string of the molecule is COc1ccccc1/C(C)=N\NC(=O)Cc1nc(-c2ccccc2)cs1. The molecule has 0 aliphatic rings. The summed E-state index contributed by atoms with van der Waals surface area (Å²) in [5, 5.41) is 6.89. The summed E-state index contributed by atoms with van der Waals surface area (Å²) in [5.41, 5.74) is 6.04. The predicted molar refractivity (Wildman–Crippen MR) is 105 cm³/mol. The van der Waals surface area contributed by atoms with Crippen molar-refractivity contribution in [3.8, 4) is 17.0 Å². The van der Waals surface area contributed by atoms with Crippen LogP contribution in [-0.4, -0.2) is 23.7 Å². The maximum atomic E-state index is 12.2. The van der Waals surface area contributed by atoms with E-state index in [2.05, 4.69) is 15.5 Å². The fourth-order valence-electron chi connectivity index (χ4n) is 2.46.